The maximum Gasteiger partial charge on any atom is 0.246 e. The van der Waals surface area contributed by atoms with Crippen molar-refractivity contribution >= 4 is 16.0 Å². The van der Waals surface area contributed by atoms with E-state index in [-0.39, 0.29) is 17.4 Å². The molecule has 0 bridgehead atoms. The van der Waals surface area contributed by atoms with Gasteiger partial charge in [0.05, 0.1) is 18.9 Å². The third-order valence-corrected chi connectivity index (χ3v) is 4.04. The zero-order valence-corrected chi connectivity index (χ0v) is 10.4. The fourth-order valence-corrected chi connectivity index (χ4v) is 2.34. The average Bonchev–Trinajstić information content (AvgIpc) is 2.82. The van der Waals surface area contributed by atoms with Crippen LogP contribution in [-0.4, -0.2) is 39.7 Å². The number of rotatable bonds is 4. The quantitative estimate of drug-likeness (QED) is 0.779. The van der Waals surface area contributed by atoms with E-state index >= 15 is 0 Å². The van der Waals surface area contributed by atoms with Gasteiger partial charge >= 0.3 is 0 Å². The molecule has 0 saturated heterocycles. The normalized spacial score (nSPS) is 11.9. The lowest BCUT2D eigenvalue weighted by molar-refractivity contribution is 0.457. The number of imidazole rings is 1. The van der Waals surface area contributed by atoms with Crippen LogP contribution < -0.4 is 5.73 Å². The molecule has 0 aromatic carbocycles. The van der Waals surface area contributed by atoms with E-state index in [0.29, 0.717) is 5.82 Å². The van der Waals surface area contributed by atoms with Gasteiger partial charge in [-0.15, -0.1) is 0 Å². The summed E-state index contributed by atoms with van der Waals surface area (Å²) in [5, 5.41) is 0. The standard InChI is InChI=1S/C9H12N6O2S/c1-15(6-8-11-2-3-12-8)18(16,17)7-4-13-9(10)14-5-7/h2-5H,6H2,1H3,(H,11,12)(H2,10,13,14). The minimum Gasteiger partial charge on any atom is -0.368 e. The molecule has 0 atom stereocenters. The Labute approximate surface area is 104 Å². The third kappa shape index (κ3) is 2.46. The van der Waals surface area contributed by atoms with Crippen LogP contribution in [0.3, 0.4) is 0 Å². The van der Waals surface area contributed by atoms with Gasteiger partial charge in [-0.3, -0.25) is 0 Å². The van der Waals surface area contributed by atoms with E-state index in [1.807, 2.05) is 0 Å². The Bertz CT molecular complexity index is 607. The molecule has 96 valence electrons. The Morgan fingerprint density at radius 1 is 1.33 bits per heavy atom. The highest BCUT2D eigenvalue weighted by Gasteiger charge is 2.22. The third-order valence-electron chi connectivity index (χ3n) is 2.28. The summed E-state index contributed by atoms with van der Waals surface area (Å²) in [4.78, 5) is 14.1. The summed E-state index contributed by atoms with van der Waals surface area (Å²) >= 11 is 0. The first kappa shape index (κ1) is 12.5. The highest BCUT2D eigenvalue weighted by Crippen LogP contribution is 2.13. The number of nitrogens with zero attached hydrogens (tertiary/aromatic N) is 4. The highest BCUT2D eigenvalue weighted by molar-refractivity contribution is 7.89. The molecule has 0 amide bonds. The maximum absolute atomic E-state index is 12.1. The number of anilines is 1. The molecule has 0 fully saturated rings. The molecule has 0 spiro atoms. The number of nitrogens with one attached hydrogen (secondary N) is 1. The van der Waals surface area contributed by atoms with Crippen molar-refractivity contribution in [3.05, 3.63) is 30.6 Å². The fourth-order valence-electron chi connectivity index (χ4n) is 1.32. The van der Waals surface area contributed by atoms with Gasteiger partial charge in [0.1, 0.15) is 10.7 Å². The molecule has 2 heterocycles. The molecule has 0 unspecified atom stereocenters. The molecule has 0 radical (unpaired) electrons. The Morgan fingerprint density at radius 3 is 2.56 bits per heavy atom. The zero-order valence-electron chi connectivity index (χ0n) is 9.61. The largest absolute Gasteiger partial charge is 0.368 e. The van der Waals surface area contributed by atoms with Crippen LogP contribution in [0.2, 0.25) is 0 Å². The molecule has 0 saturated carbocycles. The van der Waals surface area contributed by atoms with Crippen molar-refractivity contribution in [3.63, 3.8) is 0 Å². The van der Waals surface area contributed by atoms with Gasteiger partial charge in [-0.2, -0.15) is 4.31 Å². The second kappa shape index (κ2) is 4.70. The topological polar surface area (TPSA) is 118 Å². The van der Waals surface area contributed by atoms with Gasteiger partial charge in [0.2, 0.25) is 16.0 Å². The van der Waals surface area contributed by atoms with Crippen molar-refractivity contribution in [1.29, 1.82) is 0 Å². The monoisotopic (exact) mass is 268 g/mol. The van der Waals surface area contributed by atoms with Crippen LogP contribution in [0.4, 0.5) is 5.95 Å². The van der Waals surface area contributed by atoms with Crippen molar-refractivity contribution in [3.8, 4) is 0 Å². The predicted octanol–water partition coefficient (Wildman–Crippen LogP) is -0.397. The first-order chi connectivity index (χ1) is 8.50. The number of aromatic nitrogens is 4. The van der Waals surface area contributed by atoms with E-state index in [4.69, 9.17) is 5.73 Å². The number of nitrogen functional groups attached to an aromatic ring is 1. The van der Waals surface area contributed by atoms with E-state index in [1.54, 1.807) is 12.4 Å². The summed E-state index contributed by atoms with van der Waals surface area (Å²) in [7, 11) is -2.19. The minimum absolute atomic E-state index is 0.00856. The number of hydrogen-bond acceptors (Lipinski definition) is 6. The van der Waals surface area contributed by atoms with Crippen molar-refractivity contribution in [2.45, 2.75) is 11.4 Å². The highest BCUT2D eigenvalue weighted by atomic mass is 32.2. The first-order valence-corrected chi connectivity index (χ1v) is 6.46. The molecule has 0 aliphatic heterocycles. The maximum atomic E-state index is 12.1. The summed E-state index contributed by atoms with van der Waals surface area (Å²) in [6, 6.07) is 0. The van der Waals surface area contributed by atoms with Gasteiger partial charge in [0.25, 0.3) is 0 Å². The van der Waals surface area contributed by atoms with Crippen molar-refractivity contribution in [2.75, 3.05) is 12.8 Å². The van der Waals surface area contributed by atoms with Gasteiger partial charge in [-0.05, 0) is 0 Å². The fraction of sp³-hybridized carbons (Fsp3) is 0.222. The van der Waals surface area contributed by atoms with E-state index in [0.717, 1.165) is 4.31 Å². The molecule has 2 rings (SSSR count). The van der Waals surface area contributed by atoms with Crippen molar-refractivity contribution < 1.29 is 8.42 Å². The van der Waals surface area contributed by atoms with Crippen molar-refractivity contribution in [1.82, 2.24) is 24.2 Å². The van der Waals surface area contributed by atoms with Gasteiger partial charge < -0.3 is 10.7 Å². The smallest absolute Gasteiger partial charge is 0.246 e. The Hall–Kier alpha value is -2.00. The van der Waals surface area contributed by atoms with E-state index in [1.165, 1.54) is 19.4 Å². The van der Waals surface area contributed by atoms with Crippen LogP contribution in [0.15, 0.2) is 29.7 Å². The first-order valence-electron chi connectivity index (χ1n) is 5.02. The molecule has 0 aliphatic rings. The Balaban J connectivity index is 2.22. The van der Waals surface area contributed by atoms with E-state index < -0.39 is 10.0 Å². The second-order valence-electron chi connectivity index (χ2n) is 3.57. The molecule has 2 aromatic heterocycles. The number of nitrogens with two attached hydrogens (primary N) is 1. The van der Waals surface area contributed by atoms with Crippen LogP contribution >= 0.6 is 0 Å². The Kier molecular flexibility index (Phi) is 3.26. The van der Waals surface area contributed by atoms with Crippen LogP contribution in [0.5, 0.6) is 0 Å². The van der Waals surface area contributed by atoms with Crippen LogP contribution in [0, 0.1) is 0 Å². The van der Waals surface area contributed by atoms with Crippen LogP contribution in [0.25, 0.3) is 0 Å². The lowest BCUT2D eigenvalue weighted by Crippen LogP contribution is -2.27. The predicted molar refractivity (Wildman–Crippen MR) is 63.7 cm³/mol. The Morgan fingerprint density at radius 2 is 2.00 bits per heavy atom. The summed E-state index contributed by atoms with van der Waals surface area (Å²) in [5.41, 5.74) is 5.31. The molecule has 8 nitrogen and oxygen atoms in total. The number of H-pyrrole nitrogens is 1. The van der Waals surface area contributed by atoms with Crippen LogP contribution in [0.1, 0.15) is 5.82 Å². The summed E-state index contributed by atoms with van der Waals surface area (Å²) in [5.74, 6) is 0.583. The number of aromatic amines is 1. The number of sulfonamides is 1. The molecular formula is C9H12N6O2S. The van der Waals surface area contributed by atoms with Crippen LogP contribution in [-0.2, 0) is 16.6 Å². The zero-order chi connectivity index (χ0) is 13.2. The van der Waals surface area contributed by atoms with Gasteiger partial charge in [0, 0.05) is 19.4 Å². The molecule has 18 heavy (non-hydrogen) atoms. The van der Waals surface area contributed by atoms with Gasteiger partial charge in [-0.25, -0.2) is 23.4 Å². The summed E-state index contributed by atoms with van der Waals surface area (Å²) < 4.78 is 25.4. The number of hydrogen-bond donors (Lipinski definition) is 2. The average molecular weight is 268 g/mol. The van der Waals surface area contributed by atoms with Gasteiger partial charge in [-0.1, -0.05) is 0 Å². The molecule has 2 aromatic rings. The summed E-state index contributed by atoms with van der Waals surface area (Å²) in [6.45, 7) is 0.139. The van der Waals surface area contributed by atoms with Gasteiger partial charge in [0.15, 0.2) is 0 Å². The second-order valence-corrected chi connectivity index (χ2v) is 5.62. The van der Waals surface area contributed by atoms with E-state index in [9.17, 15) is 8.42 Å². The van der Waals surface area contributed by atoms with Crippen molar-refractivity contribution in [2.24, 2.45) is 0 Å². The summed E-state index contributed by atoms with van der Waals surface area (Å²) in [6.07, 6.45) is 5.54. The lowest BCUT2D eigenvalue weighted by atomic mass is 10.6. The molecular weight excluding hydrogens is 256 g/mol. The molecule has 3 N–H and O–H groups in total. The van der Waals surface area contributed by atoms with E-state index in [2.05, 4.69) is 19.9 Å². The minimum atomic E-state index is -3.64. The lowest BCUT2D eigenvalue weighted by Gasteiger charge is -2.15. The SMILES string of the molecule is CN(Cc1ncc[nH]1)S(=O)(=O)c1cnc(N)nc1. The molecule has 9 heteroatoms. The molecule has 0 aliphatic carbocycles.